The van der Waals surface area contributed by atoms with Gasteiger partial charge in [0.2, 0.25) is 11.8 Å². The van der Waals surface area contributed by atoms with E-state index in [0.29, 0.717) is 18.5 Å². The van der Waals surface area contributed by atoms with Crippen LogP contribution in [0, 0.1) is 0 Å². The van der Waals surface area contributed by atoms with Crippen molar-refractivity contribution in [2.75, 3.05) is 11.4 Å². The van der Waals surface area contributed by atoms with Gasteiger partial charge in [-0.05, 0) is 42.9 Å². The van der Waals surface area contributed by atoms with E-state index in [4.69, 9.17) is 0 Å². The van der Waals surface area contributed by atoms with Crippen molar-refractivity contribution in [1.82, 2.24) is 15.6 Å². The average molecular weight is 485 g/mol. The normalized spacial score (nSPS) is 22.4. The molecule has 4 rings (SSSR count). The Balaban J connectivity index is 1.74. The SMILES string of the molecule is CC(C)(C)c1ccc(N(C(=O)[C@H]2C[C@@H](O)CN2)C(C(=O)NC2CCCCC2)c2cccnc2)s1. The molecule has 1 aliphatic heterocycles. The van der Waals surface area contributed by atoms with Gasteiger partial charge in [-0.2, -0.15) is 0 Å². The standard InChI is InChI=1S/C26H36N4O3S/c1-26(2,3)21-11-12-22(34-21)30(25(33)20-14-19(31)16-28-20)23(17-8-7-13-27-15-17)24(32)29-18-9-5-4-6-10-18/h7-8,11-13,15,18-20,23,28,31H,4-6,9-10,14,16H2,1-3H3,(H,29,32)/t19-,20-,23?/m1/s1. The van der Waals surface area contributed by atoms with Gasteiger partial charge in [0.1, 0.15) is 6.04 Å². The van der Waals surface area contributed by atoms with Crippen molar-refractivity contribution >= 4 is 28.2 Å². The Morgan fingerprint density at radius 1 is 1.21 bits per heavy atom. The molecule has 0 radical (unpaired) electrons. The lowest BCUT2D eigenvalue weighted by atomic mass is 9.94. The maximum absolute atomic E-state index is 13.9. The molecule has 7 nitrogen and oxygen atoms in total. The van der Waals surface area contributed by atoms with Crippen LogP contribution in [-0.4, -0.2) is 46.6 Å². The molecule has 2 amide bonds. The number of aliphatic hydroxyl groups is 1. The number of anilines is 1. The highest BCUT2D eigenvalue weighted by Gasteiger charge is 2.40. The van der Waals surface area contributed by atoms with E-state index in [1.54, 1.807) is 23.4 Å². The quantitative estimate of drug-likeness (QED) is 0.581. The lowest BCUT2D eigenvalue weighted by molar-refractivity contribution is -0.128. The number of pyridine rings is 1. The summed E-state index contributed by atoms with van der Waals surface area (Å²) in [5.41, 5.74) is 0.599. The van der Waals surface area contributed by atoms with Gasteiger partial charge in [0.15, 0.2) is 0 Å². The van der Waals surface area contributed by atoms with Crippen LogP contribution in [0.15, 0.2) is 36.7 Å². The van der Waals surface area contributed by atoms with Crippen molar-refractivity contribution in [3.63, 3.8) is 0 Å². The maximum Gasteiger partial charge on any atom is 0.248 e. The second-order valence-corrected chi connectivity index (χ2v) is 11.5. The predicted molar refractivity (Wildman–Crippen MR) is 135 cm³/mol. The summed E-state index contributed by atoms with van der Waals surface area (Å²) in [5, 5.41) is 17.2. The number of hydrogen-bond donors (Lipinski definition) is 3. The monoisotopic (exact) mass is 484 g/mol. The summed E-state index contributed by atoms with van der Waals surface area (Å²) >= 11 is 1.54. The summed E-state index contributed by atoms with van der Waals surface area (Å²) in [6, 6.07) is 6.37. The third-order valence-corrected chi connectivity index (χ3v) is 8.18. The van der Waals surface area contributed by atoms with Gasteiger partial charge >= 0.3 is 0 Å². The third-order valence-electron chi connectivity index (χ3n) is 6.67. The van der Waals surface area contributed by atoms with Gasteiger partial charge in [-0.15, -0.1) is 11.3 Å². The number of rotatable bonds is 6. The Morgan fingerprint density at radius 3 is 2.56 bits per heavy atom. The molecule has 0 aromatic carbocycles. The van der Waals surface area contributed by atoms with Crippen molar-refractivity contribution < 1.29 is 14.7 Å². The fourth-order valence-corrected chi connectivity index (χ4v) is 5.88. The first-order valence-electron chi connectivity index (χ1n) is 12.3. The van der Waals surface area contributed by atoms with Crippen molar-refractivity contribution in [3.8, 4) is 0 Å². The van der Waals surface area contributed by atoms with E-state index in [-0.39, 0.29) is 23.3 Å². The zero-order chi connectivity index (χ0) is 24.3. The summed E-state index contributed by atoms with van der Waals surface area (Å²) < 4.78 is 0. The molecule has 2 aliphatic rings. The third kappa shape index (κ3) is 5.67. The fourth-order valence-electron chi connectivity index (χ4n) is 4.78. The molecule has 0 bridgehead atoms. The van der Waals surface area contributed by atoms with E-state index in [0.717, 1.165) is 35.6 Å². The zero-order valence-corrected chi connectivity index (χ0v) is 21.1. The van der Waals surface area contributed by atoms with Gasteiger partial charge in [-0.3, -0.25) is 19.5 Å². The molecule has 8 heteroatoms. The number of carbonyl (C=O) groups is 2. The van der Waals surface area contributed by atoms with E-state index < -0.39 is 18.2 Å². The highest BCUT2D eigenvalue weighted by molar-refractivity contribution is 7.16. The molecule has 3 atom stereocenters. The number of hydrogen-bond acceptors (Lipinski definition) is 6. The minimum atomic E-state index is -0.839. The van der Waals surface area contributed by atoms with Crippen LogP contribution in [0.2, 0.25) is 0 Å². The van der Waals surface area contributed by atoms with Crippen LogP contribution in [0.25, 0.3) is 0 Å². The Kier molecular flexibility index (Phi) is 7.70. The molecular formula is C26H36N4O3S. The maximum atomic E-state index is 13.9. The highest BCUT2D eigenvalue weighted by Crippen LogP contribution is 2.39. The summed E-state index contributed by atoms with van der Waals surface area (Å²) in [6.07, 6.45) is 8.43. The second-order valence-electron chi connectivity index (χ2n) is 10.5. The van der Waals surface area contributed by atoms with Gasteiger partial charge < -0.3 is 15.7 Å². The Bertz CT molecular complexity index is 981. The van der Waals surface area contributed by atoms with E-state index in [9.17, 15) is 14.7 Å². The lowest BCUT2D eigenvalue weighted by Crippen LogP contribution is -2.51. The molecule has 3 heterocycles. The molecule has 2 fully saturated rings. The van der Waals surface area contributed by atoms with Crippen LogP contribution in [0.3, 0.4) is 0 Å². The Hall–Kier alpha value is -2.29. The number of aromatic nitrogens is 1. The molecule has 34 heavy (non-hydrogen) atoms. The molecular weight excluding hydrogens is 448 g/mol. The summed E-state index contributed by atoms with van der Waals surface area (Å²) in [5.74, 6) is -0.385. The van der Waals surface area contributed by atoms with E-state index in [2.05, 4.69) is 36.4 Å². The molecule has 3 N–H and O–H groups in total. The molecule has 184 valence electrons. The van der Waals surface area contributed by atoms with Crippen molar-refractivity contribution in [2.24, 2.45) is 0 Å². The number of thiophene rings is 1. The van der Waals surface area contributed by atoms with Gasteiger partial charge in [-0.25, -0.2) is 0 Å². The Labute approximate surface area is 206 Å². The van der Waals surface area contributed by atoms with E-state index in [1.165, 1.54) is 17.8 Å². The van der Waals surface area contributed by atoms with Gasteiger partial charge in [0.25, 0.3) is 0 Å². The average Bonchev–Trinajstić information content (AvgIpc) is 3.47. The molecule has 1 unspecified atom stereocenters. The van der Waals surface area contributed by atoms with Crippen LogP contribution < -0.4 is 15.5 Å². The Morgan fingerprint density at radius 2 is 1.97 bits per heavy atom. The summed E-state index contributed by atoms with van der Waals surface area (Å²) in [4.78, 5) is 34.8. The minimum absolute atomic E-state index is 0.0758. The van der Waals surface area contributed by atoms with Crippen LogP contribution in [-0.2, 0) is 15.0 Å². The number of nitrogens with one attached hydrogen (secondary N) is 2. The molecule has 1 saturated heterocycles. The van der Waals surface area contributed by atoms with Gasteiger partial charge in [-0.1, -0.05) is 46.1 Å². The molecule has 2 aromatic heterocycles. The first-order valence-corrected chi connectivity index (χ1v) is 13.1. The van der Waals surface area contributed by atoms with Crippen LogP contribution in [0.4, 0.5) is 5.00 Å². The van der Waals surface area contributed by atoms with Crippen molar-refractivity contribution in [2.45, 2.75) is 88.9 Å². The van der Waals surface area contributed by atoms with Gasteiger partial charge in [0, 0.05) is 35.4 Å². The topological polar surface area (TPSA) is 94.6 Å². The highest BCUT2D eigenvalue weighted by atomic mass is 32.1. The molecule has 2 aromatic rings. The van der Waals surface area contributed by atoms with Crippen LogP contribution >= 0.6 is 11.3 Å². The number of aliphatic hydroxyl groups excluding tert-OH is 1. The molecule has 0 spiro atoms. The number of nitrogens with zero attached hydrogens (tertiary/aromatic N) is 2. The molecule has 1 aliphatic carbocycles. The van der Waals surface area contributed by atoms with Crippen LogP contribution in [0.1, 0.15) is 75.8 Å². The second kappa shape index (κ2) is 10.5. The predicted octanol–water partition coefficient (Wildman–Crippen LogP) is 3.69. The zero-order valence-electron chi connectivity index (χ0n) is 20.3. The van der Waals surface area contributed by atoms with Crippen LogP contribution in [0.5, 0.6) is 0 Å². The molecule has 1 saturated carbocycles. The summed E-state index contributed by atoms with van der Waals surface area (Å²) in [7, 11) is 0. The number of carbonyl (C=O) groups excluding carboxylic acids is 2. The minimum Gasteiger partial charge on any atom is -0.392 e. The number of amides is 2. The van der Waals surface area contributed by atoms with E-state index >= 15 is 0 Å². The largest absolute Gasteiger partial charge is 0.392 e. The lowest BCUT2D eigenvalue weighted by Gasteiger charge is -2.34. The first kappa shape index (κ1) is 24.8. The number of β-amino-alcohol motifs (C(OH)–C–C–N with tert-alkyl or cyclic N) is 1. The fraction of sp³-hybridized carbons (Fsp3) is 0.577. The first-order chi connectivity index (χ1) is 16.2. The smallest absolute Gasteiger partial charge is 0.248 e. The van der Waals surface area contributed by atoms with Crippen molar-refractivity contribution in [1.29, 1.82) is 0 Å². The van der Waals surface area contributed by atoms with Crippen molar-refractivity contribution in [3.05, 3.63) is 47.1 Å². The summed E-state index contributed by atoms with van der Waals surface area (Å²) in [6.45, 7) is 6.78. The van der Waals surface area contributed by atoms with Gasteiger partial charge in [0.05, 0.1) is 17.1 Å². The van der Waals surface area contributed by atoms with E-state index in [1.807, 2.05) is 18.2 Å².